The lowest BCUT2D eigenvalue weighted by molar-refractivity contribution is 0.0144. The van der Waals surface area contributed by atoms with Crippen molar-refractivity contribution in [3.63, 3.8) is 0 Å². The third-order valence-corrected chi connectivity index (χ3v) is 7.33. The maximum Gasteiger partial charge on any atom is 0.410 e. The molecule has 2 fully saturated rings. The minimum Gasteiger partial charge on any atom is -0.444 e. The van der Waals surface area contributed by atoms with Crippen LogP contribution in [0, 0.1) is 0 Å². The van der Waals surface area contributed by atoms with Gasteiger partial charge in [-0.15, -0.1) is 0 Å². The Labute approximate surface area is 246 Å². The fourth-order valence-corrected chi connectivity index (χ4v) is 5.18. The van der Waals surface area contributed by atoms with Crippen molar-refractivity contribution in [3.8, 4) is 11.1 Å². The Balaban J connectivity index is 1.20. The summed E-state index contributed by atoms with van der Waals surface area (Å²) in [6.45, 7) is 9.36. The van der Waals surface area contributed by atoms with Crippen LogP contribution in [0.4, 0.5) is 4.79 Å². The Hall–Kier alpha value is -4.25. The molecule has 2 aliphatic heterocycles. The van der Waals surface area contributed by atoms with Crippen LogP contribution in [0.15, 0.2) is 64.3 Å². The van der Waals surface area contributed by atoms with Crippen molar-refractivity contribution in [2.45, 2.75) is 45.3 Å². The zero-order valence-electron chi connectivity index (χ0n) is 24.7. The number of nitrogens with zero attached hydrogens (tertiary/aromatic N) is 6. The van der Waals surface area contributed by atoms with Gasteiger partial charge in [-0.1, -0.05) is 52.8 Å². The van der Waals surface area contributed by atoms with Crippen molar-refractivity contribution in [2.75, 3.05) is 46.4 Å². The molecule has 0 aliphatic carbocycles. The van der Waals surface area contributed by atoms with Crippen LogP contribution in [0.2, 0.25) is 0 Å². The molecule has 0 bridgehead atoms. The van der Waals surface area contributed by atoms with Crippen molar-refractivity contribution in [3.05, 3.63) is 71.9 Å². The Morgan fingerprint density at radius 1 is 1.00 bits per heavy atom. The van der Waals surface area contributed by atoms with Gasteiger partial charge in [0, 0.05) is 51.1 Å². The molecule has 11 heteroatoms. The van der Waals surface area contributed by atoms with E-state index in [0.29, 0.717) is 49.8 Å². The van der Waals surface area contributed by atoms with Gasteiger partial charge in [-0.25, -0.2) is 4.79 Å². The second-order valence-electron chi connectivity index (χ2n) is 11.5. The molecule has 222 valence electrons. The number of benzene rings is 2. The molecule has 5 rings (SSSR count). The summed E-state index contributed by atoms with van der Waals surface area (Å²) in [6, 6.07) is 17.2. The van der Waals surface area contributed by atoms with Crippen molar-refractivity contribution in [2.24, 2.45) is 5.16 Å². The first-order valence-electron chi connectivity index (χ1n) is 14.3. The monoisotopic (exact) mass is 574 g/mol. The van der Waals surface area contributed by atoms with E-state index in [9.17, 15) is 9.59 Å². The highest BCUT2D eigenvalue weighted by molar-refractivity contribution is 6.00. The highest BCUT2D eigenvalue weighted by atomic mass is 16.6. The van der Waals surface area contributed by atoms with E-state index in [-0.39, 0.29) is 12.0 Å². The topological polar surface area (TPSA) is 114 Å². The Bertz CT molecular complexity index is 1390. The first-order chi connectivity index (χ1) is 20.2. The molecule has 3 heterocycles. The van der Waals surface area contributed by atoms with Gasteiger partial charge in [0.1, 0.15) is 18.8 Å². The maximum absolute atomic E-state index is 13.6. The number of hydrogen-bond acceptors (Lipinski definition) is 9. The number of rotatable bonds is 7. The molecular formula is C31H38N6O5. The number of amides is 2. The van der Waals surface area contributed by atoms with Gasteiger partial charge >= 0.3 is 6.09 Å². The Morgan fingerprint density at radius 2 is 1.69 bits per heavy atom. The third kappa shape index (κ3) is 7.14. The van der Waals surface area contributed by atoms with Crippen molar-refractivity contribution in [1.82, 2.24) is 24.8 Å². The number of piperazine rings is 1. The molecule has 1 atom stereocenters. The van der Waals surface area contributed by atoms with Gasteiger partial charge in [0.15, 0.2) is 5.82 Å². The molecule has 2 saturated heterocycles. The Morgan fingerprint density at radius 3 is 2.36 bits per heavy atom. The summed E-state index contributed by atoms with van der Waals surface area (Å²) in [4.78, 5) is 41.4. The molecule has 11 nitrogen and oxygen atoms in total. The molecule has 3 aromatic rings. The minimum absolute atomic E-state index is 0.130. The van der Waals surface area contributed by atoms with Crippen LogP contribution in [-0.4, -0.2) is 94.5 Å². The summed E-state index contributed by atoms with van der Waals surface area (Å²) in [5, 5.41) is 8.36. The number of ether oxygens (including phenoxy) is 1. The molecule has 2 aliphatic rings. The normalized spacial score (nSPS) is 18.9. The summed E-state index contributed by atoms with van der Waals surface area (Å²) in [6.07, 6.45) is 0.760. The summed E-state index contributed by atoms with van der Waals surface area (Å²) in [5.74, 6) is 0.835. The first kappa shape index (κ1) is 29.2. The van der Waals surface area contributed by atoms with Crippen LogP contribution >= 0.6 is 0 Å². The van der Waals surface area contributed by atoms with E-state index in [1.165, 1.54) is 7.11 Å². The highest BCUT2D eigenvalue weighted by Crippen LogP contribution is 2.31. The predicted octanol–water partition coefficient (Wildman–Crippen LogP) is 4.42. The third-order valence-electron chi connectivity index (χ3n) is 7.33. The quantitative estimate of drug-likeness (QED) is 0.381. The molecule has 0 saturated carbocycles. The lowest BCUT2D eigenvalue weighted by Gasteiger charge is -2.35. The summed E-state index contributed by atoms with van der Waals surface area (Å²) >= 11 is 0. The van der Waals surface area contributed by atoms with Crippen molar-refractivity contribution in [1.29, 1.82) is 0 Å². The Kier molecular flexibility index (Phi) is 8.86. The standard InChI is InChI=1S/C31H38N6O5/c1-31(2,3)41-30(39)36-18-16-35(17-19-36)15-14-27-32-28(34-42-27)26-20-25(33-40-4)21-37(26)29(38)24-12-10-23(11-13-24)22-8-6-5-7-9-22/h5-13,26H,14-21H2,1-4H3/b33-25+/t26-/m0/s1. The van der Waals surface area contributed by atoms with E-state index in [0.717, 1.165) is 36.5 Å². The molecule has 0 radical (unpaired) electrons. The van der Waals surface area contributed by atoms with Gasteiger partial charge in [-0.05, 0) is 44.0 Å². The summed E-state index contributed by atoms with van der Waals surface area (Å²) in [5.41, 5.74) is 2.95. The zero-order chi connectivity index (χ0) is 29.7. The van der Waals surface area contributed by atoms with Crippen molar-refractivity contribution >= 4 is 17.7 Å². The first-order valence-corrected chi connectivity index (χ1v) is 14.3. The fraction of sp³-hybridized carbons (Fsp3) is 0.452. The summed E-state index contributed by atoms with van der Waals surface area (Å²) < 4.78 is 11.1. The van der Waals surface area contributed by atoms with E-state index >= 15 is 0 Å². The molecule has 2 aromatic carbocycles. The van der Waals surface area contributed by atoms with E-state index in [2.05, 4.69) is 20.2 Å². The highest BCUT2D eigenvalue weighted by Gasteiger charge is 2.38. The predicted molar refractivity (Wildman–Crippen MR) is 157 cm³/mol. The molecular weight excluding hydrogens is 536 g/mol. The van der Waals surface area contributed by atoms with Gasteiger partial charge in [-0.3, -0.25) is 9.69 Å². The number of carbonyl (C=O) groups excluding carboxylic acids is 2. The van der Waals surface area contributed by atoms with Crippen molar-refractivity contribution < 1.29 is 23.7 Å². The van der Waals surface area contributed by atoms with Crippen LogP contribution in [-0.2, 0) is 16.0 Å². The van der Waals surface area contributed by atoms with E-state index < -0.39 is 11.6 Å². The molecule has 0 unspecified atom stereocenters. The molecule has 42 heavy (non-hydrogen) atoms. The average Bonchev–Trinajstić information content (AvgIpc) is 3.63. The second kappa shape index (κ2) is 12.7. The molecule has 1 aromatic heterocycles. The number of likely N-dealkylation sites (tertiary alicyclic amines) is 1. The van der Waals surface area contributed by atoms with Crippen LogP contribution in [0.5, 0.6) is 0 Å². The number of carbonyl (C=O) groups is 2. The molecule has 0 spiro atoms. The number of oxime groups is 1. The molecule has 2 amide bonds. The van der Waals surface area contributed by atoms with Crippen LogP contribution in [0.25, 0.3) is 11.1 Å². The average molecular weight is 575 g/mol. The zero-order valence-corrected chi connectivity index (χ0v) is 24.7. The SMILES string of the molecule is CO/N=C1\C[C@@H](c2noc(CCN3CCN(C(=O)OC(C)(C)C)CC3)n2)N(C(=O)c2ccc(-c3ccccc3)cc2)C1. The number of aromatic nitrogens is 2. The van der Waals surface area contributed by atoms with Crippen LogP contribution < -0.4 is 0 Å². The fourth-order valence-electron chi connectivity index (χ4n) is 5.18. The second-order valence-corrected chi connectivity index (χ2v) is 11.5. The number of hydrogen-bond donors (Lipinski definition) is 0. The summed E-state index contributed by atoms with van der Waals surface area (Å²) in [7, 11) is 1.49. The van der Waals surface area contributed by atoms with Gasteiger partial charge < -0.3 is 23.9 Å². The minimum atomic E-state index is -0.507. The van der Waals surface area contributed by atoms with E-state index in [1.54, 1.807) is 9.80 Å². The van der Waals surface area contributed by atoms with Gasteiger partial charge in [0.25, 0.3) is 5.91 Å². The van der Waals surface area contributed by atoms with Gasteiger partial charge in [0.2, 0.25) is 5.89 Å². The van der Waals surface area contributed by atoms with Gasteiger partial charge in [0.05, 0.1) is 12.3 Å². The molecule has 0 N–H and O–H groups in total. The van der Waals surface area contributed by atoms with E-state index in [4.69, 9.17) is 14.1 Å². The smallest absolute Gasteiger partial charge is 0.410 e. The maximum atomic E-state index is 13.6. The largest absolute Gasteiger partial charge is 0.444 e. The lowest BCUT2D eigenvalue weighted by Crippen LogP contribution is -2.50. The lowest BCUT2D eigenvalue weighted by atomic mass is 10.0. The van der Waals surface area contributed by atoms with Crippen LogP contribution in [0.3, 0.4) is 0 Å². The van der Waals surface area contributed by atoms with Gasteiger partial charge in [-0.2, -0.15) is 4.98 Å². The van der Waals surface area contributed by atoms with Crippen LogP contribution in [0.1, 0.15) is 55.3 Å². The van der Waals surface area contributed by atoms with E-state index in [1.807, 2.05) is 75.4 Å².